The summed E-state index contributed by atoms with van der Waals surface area (Å²) in [6, 6.07) is 3.61. The SMILES string of the molecule is CCOC(=O)C(=O)N1CCC(Oc2ccc(C)nn2)CC1. The van der Waals surface area contributed by atoms with Gasteiger partial charge in [-0.05, 0) is 19.9 Å². The summed E-state index contributed by atoms with van der Waals surface area (Å²) in [5.74, 6) is -0.887. The zero-order valence-electron chi connectivity index (χ0n) is 12.2. The minimum absolute atomic E-state index is 0.0201. The van der Waals surface area contributed by atoms with Gasteiger partial charge in [0.15, 0.2) is 0 Å². The Morgan fingerprint density at radius 1 is 1.29 bits per heavy atom. The van der Waals surface area contributed by atoms with Gasteiger partial charge in [-0.2, -0.15) is 5.10 Å². The van der Waals surface area contributed by atoms with E-state index in [0.29, 0.717) is 31.8 Å². The molecule has 0 bridgehead atoms. The monoisotopic (exact) mass is 293 g/mol. The molecule has 0 spiro atoms. The highest BCUT2D eigenvalue weighted by molar-refractivity contribution is 6.32. The predicted octanol–water partition coefficient (Wildman–Crippen LogP) is 0.718. The lowest BCUT2D eigenvalue weighted by atomic mass is 10.1. The third-order valence-corrected chi connectivity index (χ3v) is 3.24. The highest BCUT2D eigenvalue weighted by Crippen LogP contribution is 2.17. The minimum Gasteiger partial charge on any atom is -0.473 e. The molecule has 7 nitrogen and oxygen atoms in total. The normalized spacial score (nSPS) is 15.6. The largest absolute Gasteiger partial charge is 0.473 e. The Hall–Kier alpha value is -2.18. The third-order valence-electron chi connectivity index (χ3n) is 3.24. The molecule has 0 aromatic carbocycles. The highest BCUT2D eigenvalue weighted by atomic mass is 16.5. The maximum Gasteiger partial charge on any atom is 0.397 e. The molecule has 1 aliphatic heterocycles. The number of carbonyl (C=O) groups is 2. The maximum atomic E-state index is 11.8. The zero-order chi connectivity index (χ0) is 15.2. The van der Waals surface area contributed by atoms with Crippen LogP contribution in [0.5, 0.6) is 5.88 Å². The second-order valence-electron chi connectivity index (χ2n) is 4.84. The van der Waals surface area contributed by atoms with Crippen LogP contribution in [0.1, 0.15) is 25.5 Å². The van der Waals surface area contributed by atoms with Gasteiger partial charge in [0.2, 0.25) is 5.88 Å². The lowest BCUT2D eigenvalue weighted by Gasteiger charge is -2.31. The van der Waals surface area contributed by atoms with Gasteiger partial charge in [-0.1, -0.05) is 0 Å². The fourth-order valence-electron chi connectivity index (χ4n) is 2.12. The number of likely N-dealkylation sites (tertiary alicyclic amines) is 1. The van der Waals surface area contributed by atoms with Gasteiger partial charge in [-0.3, -0.25) is 4.79 Å². The van der Waals surface area contributed by atoms with E-state index in [2.05, 4.69) is 10.2 Å². The van der Waals surface area contributed by atoms with E-state index in [-0.39, 0.29) is 12.7 Å². The molecule has 0 aliphatic carbocycles. The lowest BCUT2D eigenvalue weighted by molar-refractivity contribution is -0.160. The summed E-state index contributed by atoms with van der Waals surface area (Å²) in [6.45, 7) is 4.68. The number of rotatable bonds is 3. The van der Waals surface area contributed by atoms with Crippen molar-refractivity contribution in [3.8, 4) is 5.88 Å². The summed E-state index contributed by atoms with van der Waals surface area (Å²) < 4.78 is 10.4. The van der Waals surface area contributed by atoms with E-state index in [1.807, 2.05) is 13.0 Å². The van der Waals surface area contributed by atoms with Crippen molar-refractivity contribution in [2.24, 2.45) is 0 Å². The van der Waals surface area contributed by atoms with Crippen molar-refractivity contribution in [2.45, 2.75) is 32.8 Å². The number of amides is 1. The first-order valence-electron chi connectivity index (χ1n) is 7.03. The molecule has 0 unspecified atom stereocenters. The number of piperidine rings is 1. The summed E-state index contributed by atoms with van der Waals surface area (Å²) in [4.78, 5) is 24.7. The summed E-state index contributed by atoms with van der Waals surface area (Å²) in [5, 5.41) is 7.88. The number of esters is 1. The first-order valence-corrected chi connectivity index (χ1v) is 7.03. The number of carbonyl (C=O) groups excluding carboxylic acids is 2. The fourth-order valence-corrected chi connectivity index (χ4v) is 2.12. The molecule has 21 heavy (non-hydrogen) atoms. The van der Waals surface area contributed by atoms with Crippen LogP contribution >= 0.6 is 0 Å². The Balaban J connectivity index is 1.81. The predicted molar refractivity (Wildman–Crippen MR) is 73.6 cm³/mol. The van der Waals surface area contributed by atoms with Gasteiger partial charge in [-0.15, -0.1) is 5.10 Å². The molecule has 0 atom stereocenters. The van der Waals surface area contributed by atoms with E-state index in [4.69, 9.17) is 9.47 Å². The minimum atomic E-state index is -0.790. The van der Waals surface area contributed by atoms with Gasteiger partial charge in [0, 0.05) is 32.0 Å². The standard InChI is InChI=1S/C14H19N3O4/c1-3-20-14(19)13(18)17-8-6-11(7-9-17)21-12-5-4-10(2)15-16-12/h4-5,11H,3,6-9H2,1-2H3. The van der Waals surface area contributed by atoms with Crippen molar-refractivity contribution < 1.29 is 19.1 Å². The van der Waals surface area contributed by atoms with Crippen LogP contribution in [0, 0.1) is 6.92 Å². The molecular formula is C14H19N3O4. The number of nitrogens with zero attached hydrogens (tertiary/aromatic N) is 3. The Kier molecular flexibility index (Phi) is 5.08. The Morgan fingerprint density at radius 2 is 2.00 bits per heavy atom. The Morgan fingerprint density at radius 3 is 2.57 bits per heavy atom. The Labute approximate surface area is 123 Å². The molecule has 1 aromatic heterocycles. The second kappa shape index (κ2) is 7.01. The quantitative estimate of drug-likeness (QED) is 0.603. The van der Waals surface area contributed by atoms with Crippen molar-refractivity contribution in [1.29, 1.82) is 0 Å². The topological polar surface area (TPSA) is 81.6 Å². The van der Waals surface area contributed by atoms with Gasteiger partial charge < -0.3 is 14.4 Å². The van der Waals surface area contributed by atoms with Gasteiger partial charge in [-0.25, -0.2) is 4.79 Å². The van der Waals surface area contributed by atoms with Gasteiger partial charge >= 0.3 is 11.9 Å². The van der Waals surface area contributed by atoms with Crippen LogP contribution in [0.2, 0.25) is 0 Å². The van der Waals surface area contributed by atoms with E-state index in [1.165, 1.54) is 4.90 Å². The number of aryl methyl sites for hydroxylation is 1. The van der Waals surface area contributed by atoms with Crippen molar-refractivity contribution >= 4 is 11.9 Å². The van der Waals surface area contributed by atoms with Crippen molar-refractivity contribution in [2.75, 3.05) is 19.7 Å². The number of aromatic nitrogens is 2. The molecule has 1 saturated heterocycles. The molecule has 0 N–H and O–H groups in total. The van der Waals surface area contributed by atoms with E-state index >= 15 is 0 Å². The zero-order valence-corrected chi connectivity index (χ0v) is 12.2. The van der Waals surface area contributed by atoms with Crippen LogP contribution in [0.25, 0.3) is 0 Å². The molecule has 1 fully saturated rings. The molecule has 1 aliphatic rings. The van der Waals surface area contributed by atoms with Crippen molar-refractivity contribution in [3.05, 3.63) is 17.8 Å². The Bertz CT molecular complexity index is 495. The molecule has 0 radical (unpaired) electrons. The molecule has 1 amide bonds. The van der Waals surface area contributed by atoms with E-state index in [9.17, 15) is 9.59 Å². The average Bonchev–Trinajstić information content (AvgIpc) is 2.50. The van der Waals surface area contributed by atoms with E-state index < -0.39 is 11.9 Å². The third kappa shape index (κ3) is 4.14. The molecule has 7 heteroatoms. The summed E-state index contributed by atoms with van der Waals surface area (Å²) in [5.41, 5.74) is 0.831. The van der Waals surface area contributed by atoms with E-state index in [0.717, 1.165) is 5.69 Å². The van der Waals surface area contributed by atoms with Crippen LogP contribution in [-0.2, 0) is 14.3 Å². The summed E-state index contributed by atoms with van der Waals surface area (Å²) in [6.07, 6.45) is 1.29. The lowest BCUT2D eigenvalue weighted by Crippen LogP contribution is -2.45. The maximum absolute atomic E-state index is 11.8. The molecular weight excluding hydrogens is 274 g/mol. The molecule has 114 valence electrons. The van der Waals surface area contributed by atoms with Crippen LogP contribution in [0.3, 0.4) is 0 Å². The smallest absolute Gasteiger partial charge is 0.397 e. The summed E-state index contributed by atoms with van der Waals surface area (Å²) >= 11 is 0. The van der Waals surface area contributed by atoms with E-state index in [1.54, 1.807) is 13.0 Å². The average molecular weight is 293 g/mol. The molecule has 2 rings (SSSR count). The van der Waals surface area contributed by atoms with Gasteiger partial charge in [0.05, 0.1) is 12.3 Å². The molecule has 1 aromatic rings. The fraction of sp³-hybridized carbons (Fsp3) is 0.571. The van der Waals surface area contributed by atoms with Gasteiger partial charge in [0.25, 0.3) is 0 Å². The van der Waals surface area contributed by atoms with Crippen LogP contribution in [-0.4, -0.2) is 52.8 Å². The number of ether oxygens (including phenoxy) is 2. The van der Waals surface area contributed by atoms with Crippen LogP contribution in [0.4, 0.5) is 0 Å². The first kappa shape index (κ1) is 15.2. The van der Waals surface area contributed by atoms with Crippen molar-refractivity contribution in [3.63, 3.8) is 0 Å². The molecule has 0 saturated carbocycles. The van der Waals surface area contributed by atoms with Crippen LogP contribution < -0.4 is 4.74 Å². The number of hydrogen-bond acceptors (Lipinski definition) is 6. The highest BCUT2D eigenvalue weighted by Gasteiger charge is 2.28. The molecule has 2 heterocycles. The van der Waals surface area contributed by atoms with Crippen molar-refractivity contribution in [1.82, 2.24) is 15.1 Å². The van der Waals surface area contributed by atoms with Crippen LogP contribution in [0.15, 0.2) is 12.1 Å². The summed E-state index contributed by atoms with van der Waals surface area (Å²) in [7, 11) is 0. The first-order chi connectivity index (χ1) is 10.1. The number of hydrogen-bond donors (Lipinski definition) is 0. The van der Waals surface area contributed by atoms with Gasteiger partial charge in [0.1, 0.15) is 6.10 Å². The second-order valence-corrected chi connectivity index (χ2v) is 4.84.